The van der Waals surface area contributed by atoms with Crippen LogP contribution in [0.2, 0.25) is 0 Å². The molecular formula is C15H20N2O3. The molecule has 20 heavy (non-hydrogen) atoms. The van der Waals surface area contributed by atoms with E-state index >= 15 is 0 Å². The first-order chi connectivity index (χ1) is 9.52. The maximum Gasteiger partial charge on any atom is 0.280 e. The fourth-order valence-electron chi connectivity index (χ4n) is 2.79. The molecule has 0 saturated carbocycles. The van der Waals surface area contributed by atoms with Gasteiger partial charge in [0.25, 0.3) is 5.69 Å². The number of carbonyl (C=O) groups excluding carboxylic acids is 1. The first kappa shape index (κ1) is 14.5. The first-order valence-corrected chi connectivity index (χ1v) is 7.07. The maximum absolute atomic E-state index is 11.6. The maximum atomic E-state index is 11.6. The number of benzene rings is 1. The van der Waals surface area contributed by atoms with Crippen molar-refractivity contribution in [1.29, 1.82) is 0 Å². The average molecular weight is 276 g/mol. The summed E-state index contributed by atoms with van der Waals surface area (Å²) in [7, 11) is 0. The van der Waals surface area contributed by atoms with Crippen molar-refractivity contribution in [3.05, 3.63) is 33.9 Å². The smallest absolute Gasteiger partial charge is 0.280 e. The Kier molecular flexibility index (Phi) is 4.37. The van der Waals surface area contributed by atoms with Crippen LogP contribution >= 0.6 is 0 Å². The van der Waals surface area contributed by atoms with Gasteiger partial charge in [0.2, 0.25) is 0 Å². The van der Waals surface area contributed by atoms with Crippen LogP contribution in [0.1, 0.15) is 43.5 Å². The van der Waals surface area contributed by atoms with Gasteiger partial charge in [-0.05, 0) is 37.8 Å². The highest BCUT2D eigenvalue weighted by molar-refractivity contribution is 5.99. The van der Waals surface area contributed by atoms with E-state index in [1.54, 1.807) is 12.1 Å². The Bertz CT molecular complexity index is 528. The van der Waals surface area contributed by atoms with Gasteiger partial charge in [0.15, 0.2) is 5.78 Å². The highest BCUT2D eigenvalue weighted by Gasteiger charge is 2.22. The zero-order chi connectivity index (χ0) is 14.7. The highest BCUT2D eigenvalue weighted by Crippen LogP contribution is 2.29. The van der Waals surface area contributed by atoms with Gasteiger partial charge >= 0.3 is 0 Å². The summed E-state index contributed by atoms with van der Waals surface area (Å²) in [6, 6.07) is 4.86. The van der Waals surface area contributed by atoms with Crippen molar-refractivity contribution < 1.29 is 9.72 Å². The zero-order valence-electron chi connectivity index (χ0n) is 12.0. The van der Waals surface area contributed by atoms with E-state index in [1.165, 1.54) is 19.4 Å². The van der Waals surface area contributed by atoms with Crippen LogP contribution in [0.3, 0.4) is 0 Å². The van der Waals surface area contributed by atoms with Gasteiger partial charge in [0.05, 0.1) is 10.5 Å². The van der Waals surface area contributed by atoms with Crippen molar-refractivity contribution in [3.8, 4) is 0 Å². The van der Waals surface area contributed by atoms with Crippen LogP contribution in [0.4, 0.5) is 11.4 Å². The molecule has 0 N–H and O–H groups in total. The van der Waals surface area contributed by atoms with E-state index in [9.17, 15) is 14.9 Å². The number of anilines is 1. The van der Waals surface area contributed by atoms with E-state index in [2.05, 4.69) is 11.8 Å². The molecule has 0 aliphatic carbocycles. The fraction of sp³-hybridized carbons (Fsp3) is 0.533. The third-order valence-corrected chi connectivity index (χ3v) is 4.02. The van der Waals surface area contributed by atoms with E-state index in [0.717, 1.165) is 31.6 Å². The lowest BCUT2D eigenvalue weighted by Crippen LogP contribution is -2.35. The molecule has 1 saturated heterocycles. The molecule has 0 bridgehead atoms. The van der Waals surface area contributed by atoms with Gasteiger partial charge in [-0.15, -0.1) is 0 Å². The molecule has 5 heteroatoms. The lowest BCUT2D eigenvalue weighted by Gasteiger charge is -2.34. The molecule has 108 valence electrons. The summed E-state index contributed by atoms with van der Waals surface area (Å²) in [5.74, 6) is 0.405. The van der Waals surface area contributed by atoms with Crippen molar-refractivity contribution in [2.24, 2.45) is 5.92 Å². The number of hydrogen-bond donors (Lipinski definition) is 0. The van der Waals surface area contributed by atoms with Crippen LogP contribution < -0.4 is 4.90 Å². The van der Waals surface area contributed by atoms with E-state index in [4.69, 9.17) is 0 Å². The molecule has 5 nitrogen and oxygen atoms in total. The second-order valence-corrected chi connectivity index (χ2v) is 5.38. The number of ketones is 1. The summed E-state index contributed by atoms with van der Waals surface area (Å²) in [5, 5.41) is 11.0. The van der Waals surface area contributed by atoms with Crippen molar-refractivity contribution in [1.82, 2.24) is 0 Å². The van der Waals surface area contributed by atoms with E-state index in [-0.39, 0.29) is 17.0 Å². The predicted molar refractivity (Wildman–Crippen MR) is 78.3 cm³/mol. The van der Waals surface area contributed by atoms with Crippen molar-refractivity contribution in [3.63, 3.8) is 0 Å². The number of piperidine rings is 1. The summed E-state index contributed by atoms with van der Waals surface area (Å²) in [6.07, 6.45) is 3.51. The molecule has 1 aromatic carbocycles. The van der Waals surface area contributed by atoms with Crippen molar-refractivity contribution in [2.75, 3.05) is 18.0 Å². The second kappa shape index (κ2) is 6.03. The fourth-order valence-corrected chi connectivity index (χ4v) is 2.79. The molecule has 1 atom stereocenters. The minimum absolute atomic E-state index is 0.106. The van der Waals surface area contributed by atoms with Crippen LogP contribution in [0.5, 0.6) is 0 Å². The number of hydrogen-bond acceptors (Lipinski definition) is 4. The molecule has 1 aliphatic heterocycles. The molecule has 0 spiro atoms. The molecule has 1 unspecified atom stereocenters. The molecule has 1 aromatic rings. The summed E-state index contributed by atoms with van der Waals surface area (Å²) in [4.78, 5) is 24.3. The summed E-state index contributed by atoms with van der Waals surface area (Å²) < 4.78 is 0. The van der Waals surface area contributed by atoms with E-state index in [0.29, 0.717) is 5.92 Å². The molecule has 1 heterocycles. The number of rotatable bonds is 4. The summed E-state index contributed by atoms with van der Waals surface area (Å²) in [5.41, 5.74) is 1.01. The summed E-state index contributed by atoms with van der Waals surface area (Å²) >= 11 is 0. The van der Waals surface area contributed by atoms with Gasteiger partial charge < -0.3 is 4.90 Å². The Labute approximate surface area is 118 Å². The number of nitro groups is 1. The Morgan fingerprint density at radius 1 is 1.50 bits per heavy atom. The van der Waals surface area contributed by atoms with Crippen LogP contribution in [0, 0.1) is 16.0 Å². The third kappa shape index (κ3) is 2.98. The predicted octanol–water partition coefficient (Wildman–Crippen LogP) is 3.42. The Balaban J connectivity index is 2.31. The molecule has 0 radical (unpaired) electrons. The average Bonchev–Trinajstić information content (AvgIpc) is 2.46. The number of nitrogens with zero attached hydrogens (tertiary/aromatic N) is 2. The van der Waals surface area contributed by atoms with E-state index in [1.807, 2.05) is 0 Å². The molecule has 0 aromatic heterocycles. The van der Waals surface area contributed by atoms with Gasteiger partial charge in [-0.3, -0.25) is 14.9 Å². The minimum atomic E-state index is -0.494. The lowest BCUT2D eigenvalue weighted by molar-refractivity contribution is -0.385. The van der Waals surface area contributed by atoms with Gasteiger partial charge in [0.1, 0.15) is 0 Å². The minimum Gasteiger partial charge on any atom is -0.371 e. The second-order valence-electron chi connectivity index (χ2n) is 5.38. The Hall–Kier alpha value is -1.91. The Morgan fingerprint density at radius 2 is 2.25 bits per heavy atom. The SMILES string of the molecule is CCC1CCCN(c2ccc([N+](=O)[O-])c(C(C)=O)c2)C1. The quantitative estimate of drug-likeness (QED) is 0.480. The van der Waals surface area contributed by atoms with Gasteiger partial charge in [-0.1, -0.05) is 13.3 Å². The van der Waals surface area contributed by atoms with Crippen molar-refractivity contribution >= 4 is 17.2 Å². The largest absolute Gasteiger partial charge is 0.371 e. The van der Waals surface area contributed by atoms with Crippen LogP contribution in [0.25, 0.3) is 0 Å². The molecule has 1 aliphatic rings. The summed E-state index contributed by atoms with van der Waals surface area (Å²) in [6.45, 7) is 5.47. The van der Waals surface area contributed by atoms with Crippen LogP contribution in [0.15, 0.2) is 18.2 Å². The zero-order valence-corrected chi connectivity index (χ0v) is 12.0. The third-order valence-electron chi connectivity index (χ3n) is 4.02. The van der Waals surface area contributed by atoms with Gasteiger partial charge in [-0.2, -0.15) is 0 Å². The number of nitro benzene ring substituents is 1. The normalized spacial score (nSPS) is 18.9. The standard InChI is InChI=1S/C15H20N2O3/c1-3-12-5-4-8-16(10-12)13-6-7-15(17(19)20)14(9-13)11(2)18/h6-7,9,12H,3-5,8,10H2,1-2H3. The first-order valence-electron chi connectivity index (χ1n) is 7.07. The number of Topliss-reactive ketones (excluding diaryl/α,β-unsaturated/α-hetero) is 1. The molecular weight excluding hydrogens is 256 g/mol. The monoisotopic (exact) mass is 276 g/mol. The highest BCUT2D eigenvalue weighted by atomic mass is 16.6. The van der Waals surface area contributed by atoms with E-state index < -0.39 is 4.92 Å². The van der Waals surface area contributed by atoms with Gasteiger partial charge in [-0.25, -0.2) is 0 Å². The Morgan fingerprint density at radius 3 is 2.85 bits per heavy atom. The van der Waals surface area contributed by atoms with Crippen molar-refractivity contribution in [2.45, 2.75) is 33.1 Å². The van der Waals surface area contributed by atoms with Crippen LogP contribution in [-0.2, 0) is 0 Å². The molecule has 1 fully saturated rings. The molecule has 0 amide bonds. The van der Waals surface area contributed by atoms with Crippen LogP contribution in [-0.4, -0.2) is 23.8 Å². The molecule has 2 rings (SSSR count). The van der Waals surface area contributed by atoms with Gasteiger partial charge in [0, 0.05) is 24.8 Å². The lowest BCUT2D eigenvalue weighted by atomic mass is 9.95. The number of carbonyl (C=O) groups is 1. The topological polar surface area (TPSA) is 63.4 Å².